The number of carbonyl (C=O) groups excluding carboxylic acids is 1. The van der Waals surface area contributed by atoms with E-state index in [9.17, 15) is 4.79 Å². The molecule has 2 heteroatoms. The largest absolute Gasteiger partial charge is 0.349 e. The second kappa shape index (κ2) is 5.81. The monoisotopic (exact) mass is 201 g/mol. The quantitative estimate of drug-likeness (QED) is 0.588. The van der Waals surface area contributed by atoms with Crippen LogP contribution in [-0.4, -0.2) is 12.5 Å². The van der Waals surface area contributed by atoms with Crippen LogP contribution in [0.1, 0.15) is 12.5 Å². The first kappa shape index (κ1) is 11.2. The molecular weight excluding hydrogens is 186 g/mol. The van der Waals surface area contributed by atoms with Gasteiger partial charge in [0.15, 0.2) is 0 Å². The van der Waals surface area contributed by atoms with Gasteiger partial charge in [0, 0.05) is 12.1 Å². The number of hydrogen-bond acceptors (Lipinski definition) is 1. The van der Waals surface area contributed by atoms with Crippen LogP contribution in [0, 0.1) is 0 Å². The van der Waals surface area contributed by atoms with Crippen molar-refractivity contribution in [1.82, 2.24) is 5.32 Å². The van der Waals surface area contributed by atoms with E-state index in [1.807, 2.05) is 36.4 Å². The zero-order chi connectivity index (χ0) is 11.1. The highest BCUT2D eigenvalue weighted by Gasteiger charge is 2.01. The smallest absolute Gasteiger partial charge is 0.247 e. The molecule has 0 aliphatic carbocycles. The average Bonchev–Trinajstić information content (AvgIpc) is 2.27. The third-order valence-electron chi connectivity index (χ3n) is 1.95. The normalized spacial score (nSPS) is 10.9. The fraction of sp³-hybridized carbons (Fsp3) is 0.154. The van der Waals surface area contributed by atoms with E-state index in [-0.39, 0.29) is 5.91 Å². The van der Waals surface area contributed by atoms with Gasteiger partial charge in [-0.25, -0.2) is 0 Å². The first-order chi connectivity index (χ1) is 7.24. The lowest BCUT2D eigenvalue weighted by Crippen LogP contribution is -2.23. The van der Waals surface area contributed by atoms with Crippen molar-refractivity contribution in [2.24, 2.45) is 0 Å². The summed E-state index contributed by atoms with van der Waals surface area (Å²) >= 11 is 0. The third-order valence-corrected chi connectivity index (χ3v) is 1.95. The Hall–Kier alpha value is -1.83. The summed E-state index contributed by atoms with van der Waals surface area (Å²) in [5.74, 6) is -0.0567. The van der Waals surface area contributed by atoms with Crippen LogP contribution in [0.4, 0.5) is 0 Å². The second-order valence-electron chi connectivity index (χ2n) is 3.24. The zero-order valence-electron chi connectivity index (χ0n) is 8.86. The second-order valence-corrected chi connectivity index (χ2v) is 3.24. The summed E-state index contributed by atoms with van der Waals surface area (Å²) in [6.07, 6.45) is 3.52. The number of amides is 1. The van der Waals surface area contributed by atoms with Gasteiger partial charge in [0.2, 0.25) is 5.91 Å². The van der Waals surface area contributed by atoms with E-state index in [1.165, 1.54) is 0 Å². The summed E-state index contributed by atoms with van der Waals surface area (Å²) in [6.45, 7) is 5.84. The lowest BCUT2D eigenvalue weighted by atomic mass is 10.1. The van der Waals surface area contributed by atoms with Crippen LogP contribution in [0.15, 0.2) is 48.6 Å². The molecule has 2 nitrogen and oxygen atoms in total. The topological polar surface area (TPSA) is 29.1 Å². The standard InChI is InChI=1S/C13H15NO/c1-3-9-14-13(15)11(2)10-12-7-5-4-6-8-12/h3-8,10H,1,9H2,2H3,(H,14,15)/b11-10+. The van der Waals surface area contributed by atoms with E-state index in [4.69, 9.17) is 0 Å². The molecule has 0 bridgehead atoms. The molecule has 0 heterocycles. The van der Waals surface area contributed by atoms with Crippen LogP contribution < -0.4 is 5.32 Å². The molecule has 1 amide bonds. The minimum Gasteiger partial charge on any atom is -0.349 e. The van der Waals surface area contributed by atoms with E-state index in [0.29, 0.717) is 12.1 Å². The van der Waals surface area contributed by atoms with Gasteiger partial charge in [0.25, 0.3) is 0 Å². The summed E-state index contributed by atoms with van der Waals surface area (Å²) in [5.41, 5.74) is 1.73. The predicted octanol–water partition coefficient (Wildman–Crippen LogP) is 2.39. The lowest BCUT2D eigenvalue weighted by molar-refractivity contribution is -0.117. The van der Waals surface area contributed by atoms with Crippen LogP contribution in [0.5, 0.6) is 0 Å². The van der Waals surface area contributed by atoms with Crippen molar-refractivity contribution in [1.29, 1.82) is 0 Å². The lowest BCUT2D eigenvalue weighted by Gasteiger charge is -2.02. The van der Waals surface area contributed by atoms with Crippen molar-refractivity contribution in [2.75, 3.05) is 6.54 Å². The Kier molecular flexibility index (Phi) is 4.35. The van der Waals surface area contributed by atoms with E-state index >= 15 is 0 Å². The minimum atomic E-state index is -0.0567. The van der Waals surface area contributed by atoms with Gasteiger partial charge >= 0.3 is 0 Å². The van der Waals surface area contributed by atoms with Crippen molar-refractivity contribution in [3.8, 4) is 0 Å². The highest BCUT2D eigenvalue weighted by molar-refractivity contribution is 5.97. The van der Waals surface area contributed by atoms with E-state index in [2.05, 4.69) is 11.9 Å². The Bertz CT molecular complexity index is 365. The fourth-order valence-corrected chi connectivity index (χ4v) is 1.17. The van der Waals surface area contributed by atoms with Gasteiger partial charge < -0.3 is 5.32 Å². The van der Waals surface area contributed by atoms with Gasteiger partial charge in [-0.2, -0.15) is 0 Å². The molecule has 78 valence electrons. The molecule has 15 heavy (non-hydrogen) atoms. The third kappa shape index (κ3) is 3.81. The molecule has 1 aromatic rings. The molecule has 1 N–H and O–H groups in total. The van der Waals surface area contributed by atoms with Crippen molar-refractivity contribution >= 4 is 12.0 Å². The minimum absolute atomic E-state index is 0.0567. The SMILES string of the molecule is C=CCNC(=O)/C(C)=C/c1ccccc1. The molecular formula is C13H15NO. The van der Waals surface area contributed by atoms with Crippen LogP contribution >= 0.6 is 0 Å². The predicted molar refractivity (Wildman–Crippen MR) is 63.3 cm³/mol. The first-order valence-electron chi connectivity index (χ1n) is 4.86. The Balaban J connectivity index is 2.67. The molecule has 0 aliphatic heterocycles. The van der Waals surface area contributed by atoms with Crippen molar-refractivity contribution in [2.45, 2.75) is 6.92 Å². The molecule has 0 saturated heterocycles. The van der Waals surface area contributed by atoms with Crippen molar-refractivity contribution in [3.63, 3.8) is 0 Å². The number of rotatable bonds is 4. The van der Waals surface area contributed by atoms with E-state index in [0.717, 1.165) is 5.56 Å². The Labute approximate surface area is 90.3 Å². The van der Waals surface area contributed by atoms with Gasteiger partial charge in [0.1, 0.15) is 0 Å². The summed E-state index contributed by atoms with van der Waals surface area (Å²) in [6, 6.07) is 9.76. The van der Waals surface area contributed by atoms with Gasteiger partial charge in [0.05, 0.1) is 0 Å². The van der Waals surface area contributed by atoms with Gasteiger partial charge in [-0.1, -0.05) is 36.4 Å². The van der Waals surface area contributed by atoms with Crippen LogP contribution in [0.3, 0.4) is 0 Å². The number of hydrogen-bond donors (Lipinski definition) is 1. The van der Waals surface area contributed by atoms with Gasteiger partial charge in [-0.15, -0.1) is 6.58 Å². The molecule has 0 atom stereocenters. The fourth-order valence-electron chi connectivity index (χ4n) is 1.17. The molecule has 0 spiro atoms. The Morgan fingerprint density at radius 2 is 2.07 bits per heavy atom. The summed E-state index contributed by atoms with van der Waals surface area (Å²) in [5, 5.41) is 2.73. The van der Waals surface area contributed by atoms with Crippen molar-refractivity contribution < 1.29 is 4.79 Å². The van der Waals surface area contributed by atoms with Gasteiger partial charge in [-0.3, -0.25) is 4.79 Å². The molecule has 1 aromatic carbocycles. The Morgan fingerprint density at radius 3 is 2.67 bits per heavy atom. The van der Waals surface area contributed by atoms with E-state index < -0.39 is 0 Å². The van der Waals surface area contributed by atoms with E-state index in [1.54, 1.807) is 13.0 Å². The zero-order valence-corrected chi connectivity index (χ0v) is 8.86. The van der Waals surface area contributed by atoms with Crippen LogP contribution in [0.25, 0.3) is 6.08 Å². The molecule has 0 unspecified atom stereocenters. The molecule has 1 rings (SSSR count). The number of benzene rings is 1. The highest BCUT2D eigenvalue weighted by Crippen LogP contribution is 2.05. The maximum atomic E-state index is 11.5. The maximum absolute atomic E-state index is 11.5. The molecule has 0 radical (unpaired) electrons. The Morgan fingerprint density at radius 1 is 1.40 bits per heavy atom. The molecule has 0 saturated carbocycles. The summed E-state index contributed by atoms with van der Waals surface area (Å²) in [7, 11) is 0. The summed E-state index contributed by atoms with van der Waals surface area (Å²) in [4.78, 5) is 11.5. The summed E-state index contributed by atoms with van der Waals surface area (Å²) < 4.78 is 0. The number of carbonyl (C=O) groups is 1. The highest BCUT2D eigenvalue weighted by atomic mass is 16.1. The number of nitrogens with one attached hydrogen (secondary N) is 1. The molecule has 0 fully saturated rings. The van der Waals surface area contributed by atoms with Crippen LogP contribution in [0.2, 0.25) is 0 Å². The first-order valence-corrected chi connectivity index (χ1v) is 4.86. The van der Waals surface area contributed by atoms with Crippen LogP contribution in [-0.2, 0) is 4.79 Å². The molecule has 0 aliphatic rings. The average molecular weight is 201 g/mol. The van der Waals surface area contributed by atoms with Crippen molar-refractivity contribution in [3.05, 3.63) is 54.1 Å². The molecule has 0 aromatic heterocycles. The van der Waals surface area contributed by atoms with Gasteiger partial charge in [-0.05, 0) is 18.6 Å². The maximum Gasteiger partial charge on any atom is 0.247 e.